The van der Waals surface area contributed by atoms with E-state index in [9.17, 15) is 4.79 Å². The smallest absolute Gasteiger partial charge is 0.303 e. The van der Waals surface area contributed by atoms with Gasteiger partial charge < -0.3 is 15.3 Å². The molecule has 0 aromatic rings. The van der Waals surface area contributed by atoms with Crippen molar-refractivity contribution in [1.82, 2.24) is 0 Å². The molecule has 1 atom stereocenters. The van der Waals surface area contributed by atoms with Crippen LogP contribution in [0.4, 0.5) is 0 Å². The van der Waals surface area contributed by atoms with Crippen LogP contribution in [0.3, 0.4) is 0 Å². The largest absolute Gasteiger partial charge is 0.481 e. The van der Waals surface area contributed by atoms with Gasteiger partial charge in [0.15, 0.2) is 0 Å². The summed E-state index contributed by atoms with van der Waals surface area (Å²) in [6.45, 7) is 5.15. The molecule has 3 N–H and O–H groups in total. The van der Waals surface area contributed by atoms with Crippen LogP contribution in [0.15, 0.2) is 0 Å². The van der Waals surface area contributed by atoms with Crippen molar-refractivity contribution in [3.8, 4) is 0 Å². The van der Waals surface area contributed by atoms with Crippen LogP contribution >= 0.6 is 0 Å². The average Bonchev–Trinajstić information content (AvgIpc) is 1.85. The highest BCUT2D eigenvalue weighted by Crippen LogP contribution is 1.96. The molecule has 0 radical (unpaired) electrons. The first kappa shape index (κ1) is 13.9. The zero-order valence-electron chi connectivity index (χ0n) is 7.82. The molecule has 0 heterocycles. The molecule has 0 saturated carbocycles. The van der Waals surface area contributed by atoms with Gasteiger partial charge in [-0.3, -0.25) is 4.79 Å². The van der Waals surface area contributed by atoms with Gasteiger partial charge in [0, 0.05) is 6.42 Å². The molecule has 0 fully saturated rings. The topological polar surface area (TPSA) is 77.8 Å². The molecule has 0 spiro atoms. The Morgan fingerprint density at radius 2 is 1.67 bits per heavy atom. The number of carbonyl (C=O) groups is 1. The zero-order chi connectivity index (χ0) is 10.1. The summed E-state index contributed by atoms with van der Waals surface area (Å²) in [6.07, 6.45) is -0.282. The highest BCUT2D eigenvalue weighted by molar-refractivity contribution is 5.66. The van der Waals surface area contributed by atoms with Crippen molar-refractivity contribution in [2.75, 3.05) is 6.61 Å². The van der Waals surface area contributed by atoms with Crippen molar-refractivity contribution in [2.24, 2.45) is 5.92 Å². The van der Waals surface area contributed by atoms with Gasteiger partial charge in [0.25, 0.3) is 0 Å². The van der Waals surface area contributed by atoms with Crippen molar-refractivity contribution < 1.29 is 20.1 Å². The highest BCUT2D eigenvalue weighted by Gasteiger charge is 1.98. The van der Waals surface area contributed by atoms with E-state index in [1.165, 1.54) is 6.92 Å². The van der Waals surface area contributed by atoms with Crippen molar-refractivity contribution in [1.29, 1.82) is 0 Å². The molecule has 0 rings (SSSR count). The zero-order valence-corrected chi connectivity index (χ0v) is 7.82. The molecule has 12 heavy (non-hydrogen) atoms. The van der Waals surface area contributed by atoms with Crippen molar-refractivity contribution in [2.45, 2.75) is 33.3 Å². The predicted octanol–water partition coefficient (Wildman–Crippen LogP) is 0.477. The summed E-state index contributed by atoms with van der Waals surface area (Å²) in [4.78, 5) is 9.81. The number of carboxylic acids is 1. The maximum absolute atomic E-state index is 9.81. The number of carboxylic acid groups (broad SMARTS) is 1. The first-order valence-electron chi connectivity index (χ1n) is 3.90. The van der Waals surface area contributed by atoms with E-state index in [1.807, 2.05) is 13.8 Å². The van der Waals surface area contributed by atoms with Gasteiger partial charge in [-0.15, -0.1) is 0 Å². The SMILES string of the molecule is CC(C)CC(=O)O.CC(O)CO. The molecular weight excluding hydrogens is 160 g/mol. The maximum Gasteiger partial charge on any atom is 0.303 e. The summed E-state index contributed by atoms with van der Waals surface area (Å²) in [5, 5.41) is 24.1. The predicted molar refractivity (Wildman–Crippen MR) is 45.9 cm³/mol. The van der Waals surface area contributed by atoms with Gasteiger partial charge in [0.2, 0.25) is 0 Å². The summed E-state index contributed by atoms with van der Waals surface area (Å²) in [5.74, 6) is -0.438. The summed E-state index contributed by atoms with van der Waals surface area (Å²) >= 11 is 0. The Morgan fingerprint density at radius 1 is 1.33 bits per heavy atom. The second kappa shape index (κ2) is 8.49. The second-order valence-electron chi connectivity index (χ2n) is 3.02. The first-order chi connectivity index (χ1) is 5.40. The summed E-state index contributed by atoms with van der Waals surface area (Å²) in [6, 6.07) is 0. The minimum atomic E-state index is -0.713. The van der Waals surface area contributed by atoms with E-state index in [0.717, 1.165) is 0 Å². The molecule has 0 aromatic carbocycles. The Balaban J connectivity index is 0. The standard InChI is InChI=1S/C5H10O2.C3H8O2/c1-4(2)3-5(6)7;1-3(5)2-4/h4H,3H2,1-2H3,(H,6,7);3-5H,2H2,1H3. The summed E-state index contributed by atoms with van der Waals surface area (Å²) in [7, 11) is 0. The lowest BCUT2D eigenvalue weighted by Gasteiger charge is -1.94. The van der Waals surface area contributed by atoms with Crippen LogP contribution in [0.25, 0.3) is 0 Å². The number of aliphatic hydroxyl groups excluding tert-OH is 2. The molecule has 74 valence electrons. The molecule has 1 unspecified atom stereocenters. The van der Waals surface area contributed by atoms with Crippen LogP contribution in [-0.2, 0) is 4.79 Å². The normalized spacial score (nSPS) is 11.8. The lowest BCUT2D eigenvalue weighted by Crippen LogP contribution is -2.03. The molecule has 4 heteroatoms. The molecule has 0 aliphatic rings. The summed E-state index contributed by atoms with van der Waals surface area (Å²) in [5.41, 5.74) is 0. The van der Waals surface area contributed by atoms with Crippen molar-refractivity contribution in [3.63, 3.8) is 0 Å². The van der Waals surface area contributed by atoms with Gasteiger partial charge in [-0.25, -0.2) is 0 Å². The van der Waals surface area contributed by atoms with E-state index in [0.29, 0.717) is 0 Å². The van der Waals surface area contributed by atoms with Gasteiger partial charge in [-0.1, -0.05) is 13.8 Å². The van der Waals surface area contributed by atoms with E-state index < -0.39 is 12.1 Å². The Morgan fingerprint density at radius 3 is 1.67 bits per heavy atom. The molecule has 0 aliphatic carbocycles. The van der Waals surface area contributed by atoms with Gasteiger partial charge in [-0.2, -0.15) is 0 Å². The fraction of sp³-hybridized carbons (Fsp3) is 0.875. The minimum absolute atomic E-state index is 0.139. The average molecular weight is 178 g/mol. The highest BCUT2D eigenvalue weighted by atomic mass is 16.4. The Kier molecular flexibility index (Phi) is 9.86. The van der Waals surface area contributed by atoms with Crippen molar-refractivity contribution >= 4 is 5.97 Å². The quantitative estimate of drug-likeness (QED) is 0.587. The van der Waals surface area contributed by atoms with Crippen LogP contribution in [0, 0.1) is 5.92 Å². The number of hydrogen-bond donors (Lipinski definition) is 3. The monoisotopic (exact) mass is 178 g/mol. The second-order valence-corrected chi connectivity index (χ2v) is 3.02. The van der Waals surface area contributed by atoms with Gasteiger partial charge in [0.05, 0.1) is 12.7 Å². The molecule has 0 aromatic heterocycles. The number of rotatable bonds is 3. The third kappa shape index (κ3) is 22.8. The van der Waals surface area contributed by atoms with Gasteiger partial charge in [-0.05, 0) is 12.8 Å². The number of aliphatic hydroxyl groups is 2. The van der Waals surface area contributed by atoms with E-state index in [4.69, 9.17) is 15.3 Å². The summed E-state index contributed by atoms with van der Waals surface area (Å²) < 4.78 is 0. The first-order valence-corrected chi connectivity index (χ1v) is 3.90. The molecule has 0 saturated heterocycles. The molecule has 0 aliphatic heterocycles. The fourth-order valence-electron chi connectivity index (χ4n) is 0.349. The molecular formula is C8H18O4. The van der Waals surface area contributed by atoms with E-state index in [-0.39, 0.29) is 18.9 Å². The van der Waals surface area contributed by atoms with Crippen molar-refractivity contribution in [3.05, 3.63) is 0 Å². The van der Waals surface area contributed by atoms with Crippen LogP contribution in [0.2, 0.25) is 0 Å². The lowest BCUT2D eigenvalue weighted by atomic mass is 10.1. The molecule has 4 nitrogen and oxygen atoms in total. The van der Waals surface area contributed by atoms with E-state index in [1.54, 1.807) is 0 Å². The van der Waals surface area contributed by atoms with E-state index in [2.05, 4.69) is 0 Å². The third-order valence-corrected chi connectivity index (χ3v) is 0.847. The number of hydrogen-bond acceptors (Lipinski definition) is 3. The lowest BCUT2D eigenvalue weighted by molar-refractivity contribution is -0.137. The van der Waals surface area contributed by atoms with E-state index >= 15 is 0 Å². The Labute approximate surface area is 72.8 Å². The Bertz CT molecular complexity index is 110. The fourth-order valence-corrected chi connectivity index (χ4v) is 0.349. The van der Waals surface area contributed by atoms with Gasteiger partial charge in [0.1, 0.15) is 0 Å². The van der Waals surface area contributed by atoms with Crippen LogP contribution < -0.4 is 0 Å². The molecule has 0 amide bonds. The molecule has 0 bridgehead atoms. The number of aliphatic carboxylic acids is 1. The Hall–Kier alpha value is -0.610. The minimum Gasteiger partial charge on any atom is -0.481 e. The van der Waals surface area contributed by atoms with Crippen LogP contribution in [-0.4, -0.2) is 34.0 Å². The third-order valence-electron chi connectivity index (χ3n) is 0.847. The van der Waals surface area contributed by atoms with Gasteiger partial charge >= 0.3 is 5.97 Å². The maximum atomic E-state index is 9.81. The van der Waals surface area contributed by atoms with Crippen LogP contribution in [0.1, 0.15) is 27.2 Å². The van der Waals surface area contributed by atoms with Crippen LogP contribution in [0.5, 0.6) is 0 Å².